The molecule has 0 aliphatic heterocycles. The minimum absolute atomic E-state index is 0.127. The molecule has 0 aromatic rings. The van der Waals surface area contributed by atoms with Crippen molar-refractivity contribution in [3.8, 4) is 0 Å². The molecule has 18 heavy (non-hydrogen) atoms. The number of hydrogen-bond acceptors (Lipinski definition) is 2. The van der Waals surface area contributed by atoms with Gasteiger partial charge in [-0.2, -0.15) is 0 Å². The Morgan fingerprint density at radius 1 is 0.889 bits per heavy atom. The smallest absolute Gasteiger partial charge is 0.0590 e. The first kappa shape index (κ1) is 14.3. The van der Waals surface area contributed by atoms with E-state index in [2.05, 4.69) is 6.92 Å². The van der Waals surface area contributed by atoms with Crippen LogP contribution in [0, 0.1) is 23.7 Å². The van der Waals surface area contributed by atoms with E-state index in [0.717, 1.165) is 17.8 Å². The number of aliphatic hydroxyl groups excluding tert-OH is 2. The van der Waals surface area contributed by atoms with Crippen LogP contribution >= 0.6 is 0 Å². The molecule has 0 bridgehead atoms. The summed E-state index contributed by atoms with van der Waals surface area (Å²) in [6.45, 7) is 2.51. The largest absolute Gasteiger partial charge is 0.396 e. The lowest BCUT2D eigenvalue weighted by molar-refractivity contribution is 0.0408. The summed E-state index contributed by atoms with van der Waals surface area (Å²) in [4.78, 5) is 0. The summed E-state index contributed by atoms with van der Waals surface area (Å²) in [6, 6.07) is 0. The fourth-order valence-electron chi connectivity index (χ4n) is 4.13. The fraction of sp³-hybridized carbons (Fsp3) is 1.00. The van der Waals surface area contributed by atoms with Gasteiger partial charge in [-0.3, -0.25) is 0 Å². The standard InChI is InChI=1S/C16H30O2/c1-12-2-4-13(5-3-12)14-6-8-15(9-7-14)16(18)10-11-17/h12-18H,2-11H2,1H3. The van der Waals surface area contributed by atoms with Gasteiger partial charge in [-0.25, -0.2) is 0 Å². The third-order valence-corrected chi connectivity index (χ3v) is 5.51. The van der Waals surface area contributed by atoms with Crippen molar-refractivity contribution in [2.45, 2.75) is 70.8 Å². The average molecular weight is 254 g/mol. The SMILES string of the molecule is CC1CCC(C2CCC(C(O)CCO)CC2)CC1. The maximum atomic E-state index is 9.95. The highest BCUT2D eigenvalue weighted by Gasteiger charge is 2.31. The van der Waals surface area contributed by atoms with Gasteiger partial charge < -0.3 is 10.2 Å². The lowest BCUT2D eigenvalue weighted by Crippen LogP contribution is -2.30. The average Bonchev–Trinajstić information content (AvgIpc) is 2.40. The zero-order valence-corrected chi connectivity index (χ0v) is 11.9. The van der Waals surface area contributed by atoms with Gasteiger partial charge in [-0.15, -0.1) is 0 Å². The monoisotopic (exact) mass is 254 g/mol. The molecular formula is C16H30O2. The molecule has 1 unspecified atom stereocenters. The quantitative estimate of drug-likeness (QED) is 0.807. The van der Waals surface area contributed by atoms with Gasteiger partial charge in [0.1, 0.15) is 0 Å². The van der Waals surface area contributed by atoms with Crippen molar-refractivity contribution in [2.24, 2.45) is 23.7 Å². The van der Waals surface area contributed by atoms with E-state index < -0.39 is 0 Å². The Labute approximate surface area is 112 Å². The van der Waals surface area contributed by atoms with E-state index in [1.54, 1.807) is 0 Å². The van der Waals surface area contributed by atoms with Crippen LogP contribution in [0.25, 0.3) is 0 Å². The van der Waals surface area contributed by atoms with E-state index in [1.165, 1.54) is 51.4 Å². The van der Waals surface area contributed by atoms with E-state index in [1.807, 2.05) is 0 Å². The molecule has 0 heterocycles. The molecule has 2 nitrogen and oxygen atoms in total. The van der Waals surface area contributed by atoms with Crippen LogP contribution in [0.3, 0.4) is 0 Å². The van der Waals surface area contributed by atoms with Crippen LogP contribution < -0.4 is 0 Å². The maximum absolute atomic E-state index is 9.95. The predicted octanol–water partition coefficient (Wildman–Crippen LogP) is 3.36. The van der Waals surface area contributed by atoms with Gasteiger partial charge in [0.15, 0.2) is 0 Å². The lowest BCUT2D eigenvalue weighted by Gasteiger charge is -2.38. The van der Waals surface area contributed by atoms with E-state index in [-0.39, 0.29) is 12.7 Å². The van der Waals surface area contributed by atoms with E-state index in [4.69, 9.17) is 5.11 Å². The van der Waals surface area contributed by atoms with Crippen molar-refractivity contribution in [2.75, 3.05) is 6.61 Å². The van der Waals surface area contributed by atoms with E-state index in [0.29, 0.717) is 12.3 Å². The topological polar surface area (TPSA) is 40.5 Å². The molecule has 2 N–H and O–H groups in total. The number of aliphatic hydroxyl groups is 2. The maximum Gasteiger partial charge on any atom is 0.0590 e. The molecule has 2 aliphatic rings. The molecule has 0 radical (unpaired) electrons. The van der Waals surface area contributed by atoms with Crippen molar-refractivity contribution in [3.05, 3.63) is 0 Å². The van der Waals surface area contributed by atoms with Gasteiger partial charge in [0.25, 0.3) is 0 Å². The van der Waals surface area contributed by atoms with Crippen LogP contribution in [0.4, 0.5) is 0 Å². The van der Waals surface area contributed by atoms with Crippen molar-refractivity contribution < 1.29 is 10.2 Å². The Bertz CT molecular complexity index is 225. The second kappa shape index (κ2) is 6.91. The van der Waals surface area contributed by atoms with Gasteiger partial charge in [0.2, 0.25) is 0 Å². The highest BCUT2D eigenvalue weighted by molar-refractivity contribution is 4.83. The zero-order chi connectivity index (χ0) is 13.0. The van der Waals surface area contributed by atoms with E-state index >= 15 is 0 Å². The molecule has 1 atom stereocenters. The molecule has 0 amide bonds. The summed E-state index contributed by atoms with van der Waals surface area (Å²) in [5.74, 6) is 3.30. The Hall–Kier alpha value is -0.0800. The molecule has 0 aromatic carbocycles. The van der Waals surface area contributed by atoms with Crippen LogP contribution in [-0.2, 0) is 0 Å². The molecule has 2 fully saturated rings. The summed E-state index contributed by atoms with van der Waals surface area (Å²) in [7, 11) is 0. The second-order valence-corrected chi connectivity index (χ2v) is 6.77. The Morgan fingerprint density at radius 3 is 1.89 bits per heavy atom. The lowest BCUT2D eigenvalue weighted by atomic mass is 9.68. The van der Waals surface area contributed by atoms with Crippen molar-refractivity contribution in [1.29, 1.82) is 0 Å². The van der Waals surface area contributed by atoms with E-state index in [9.17, 15) is 5.11 Å². The van der Waals surface area contributed by atoms with Crippen molar-refractivity contribution >= 4 is 0 Å². The minimum Gasteiger partial charge on any atom is -0.396 e. The van der Waals surface area contributed by atoms with Crippen LogP contribution in [0.15, 0.2) is 0 Å². The van der Waals surface area contributed by atoms with Gasteiger partial charge in [0.05, 0.1) is 6.10 Å². The molecule has 106 valence electrons. The van der Waals surface area contributed by atoms with Crippen molar-refractivity contribution in [1.82, 2.24) is 0 Å². The van der Waals surface area contributed by atoms with Gasteiger partial charge in [-0.1, -0.05) is 19.8 Å². The van der Waals surface area contributed by atoms with Gasteiger partial charge in [0, 0.05) is 6.61 Å². The molecule has 2 rings (SSSR count). The Kier molecular flexibility index (Phi) is 5.50. The molecule has 2 heteroatoms. The Balaban J connectivity index is 1.73. The minimum atomic E-state index is -0.262. The molecule has 0 saturated heterocycles. The number of rotatable bonds is 4. The molecule has 0 aromatic heterocycles. The fourth-order valence-corrected chi connectivity index (χ4v) is 4.13. The van der Waals surface area contributed by atoms with Crippen LogP contribution in [0.2, 0.25) is 0 Å². The van der Waals surface area contributed by atoms with Crippen LogP contribution in [0.5, 0.6) is 0 Å². The Morgan fingerprint density at radius 2 is 1.39 bits per heavy atom. The zero-order valence-electron chi connectivity index (χ0n) is 11.9. The summed E-state index contributed by atoms with van der Waals surface area (Å²) in [5, 5.41) is 18.8. The summed E-state index contributed by atoms with van der Waals surface area (Å²) >= 11 is 0. The summed E-state index contributed by atoms with van der Waals surface area (Å²) in [6.07, 6.45) is 11.0. The number of hydrogen-bond donors (Lipinski definition) is 2. The van der Waals surface area contributed by atoms with Crippen molar-refractivity contribution in [3.63, 3.8) is 0 Å². The predicted molar refractivity (Wildman–Crippen MR) is 74.3 cm³/mol. The second-order valence-electron chi connectivity index (χ2n) is 6.77. The molecule has 0 spiro atoms. The van der Waals surface area contributed by atoms with Crippen LogP contribution in [0.1, 0.15) is 64.7 Å². The summed E-state index contributed by atoms with van der Waals surface area (Å²) in [5.41, 5.74) is 0. The first-order valence-electron chi connectivity index (χ1n) is 7.99. The summed E-state index contributed by atoms with van der Waals surface area (Å²) < 4.78 is 0. The van der Waals surface area contributed by atoms with Gasteiger partial charge in [-0.05, 0) is 68.6 Å². The normalized spacial score (nSPS) is 39.5. The molecule has 2 aliphatic carbocycles. The first-order valence-corrected chi connectivity index (χ1v) is 7.99. The molecule has 2 saturated carbocycles. The first-order chi connectivity index (χ1) is 8.70. The third-order valence-electron chi connectivity index (χ3n) is 5.51. The van der Waals surface area contributed by atoms with Crippen LogP contribution in [-0.4, -0.2) is 22.9 Å². The third kappa shape index (κ3) is 3.71. The highest BCUT2D eigenvalue weighted by atomic mass is 16.3. The highest BCUT2D eigenvalue weighted by Crippen LogP contribution is 2.42. The van der Waals surface area contributed by atoms with Gasteiger partial charge >= 0.3 is 0 Å². The molecular weight excluding hydrogens is 224 g/mol.